The van der Waals surface area contributed by atoms with E-state index in [-0.39, 0.29) is 6.04 Å². The van der Waals surface area contributed by atoms with Crippen molar-refractivity contribution < 1.29 is 4.74 Å². The van der Waals surface area contributed by atoms with E-state index < -0.39 is 0 Å². The van der Waals surface area contributed by atoms with Crippen LogP contribution in [0.5, 0.6) is 5.75 Å². The van der Waals surface area contributed by atoms with E-state index in [1.165, 1.54) is 24.8 Å². The number of rotatable bonds is 8. The van der Waals surface area contributed by atoms with E-state index in [1.54, 1.807) is 13.3 Å². The molecule has 4 heteroatoms. The van der Waals surface area contributed by atoms with E-state index in [1.807, 2.05) is 13.0 Å². The first kappa shape index (κ1) is 16.3. The number of aromatic nitrogens is 2. The normalized spacial score (nSPS) is 12.0. The van der Waals surface area contributed by atoms with Crippen molar-refractivity contribution in [2.75, 3.05) is 12.4 Å². The number of nitrogens with one attached hydrogen (secondary N) is 1. The summed E-state index contributed by atoms with van der Waals surface area (Å²) in [4.78, 5) is 8.85. The Morgan fingerprint density at radius 2 is 1.95 bits per heavy atom. The Morgan fingerprint density at radius 3 is 2.59 bits per heavy atom. The van der Waals surface area contributed by atoms with Crippen LogP contribution in [0.2, 0.25) is 0 Å². The molecule has 4 nitrogen and oxygen atoms in total. The average Bonchev–Trinajstić information content (AvgIpc) is 2.55. The second-order valence-corrected chi connectivity index (χ2v) is 5.45. The van der Waals surface area contributed by atoms with Gasteiger partial charge in [0.1, 0.15) is 0 Å². The van der Waals surface area contributed by atoms with Gasteiger partial charge in [-0.15, -0.1) is 0 Å². The number of ether oxygens (including phenoxy) is 1. The van der Waals surface area contributed by atoms with Crippen LogP contribution in [0.4, 0.5) is 5.95 Å². The minimum atomic E-state index is 0.237. The van der Waals surface area contributed by atoms with E-state index in [0.29, 0.717) is 11.7 Å². The molecule has 1 heterocycles. The van der Waals surface area contributed by atoms with Crippen molar-refractivity contribution in [2.45, 2.75) is 45.6 Å². The molecule has 1 N–H and O–H groups in total. The number of unbranched alkanes of at least 4 members (excludes halogenated alkanes) is 2. The monoisotopic (exact) mass is 299 g/mol. The Labute approximate surface area is 133 Å². The molecule has 0 aliphatic carbocycles. The highest BCUT2D eigenvalue weighted by atomic mass is 16.5. The fourth-order valence-electron chi connectivity index (χ4n) is 2.49. The van der Waals surface area contributed by atoms with E-state index in [9.17, 15) is 0 Å². The average molecular weight is 299 g/mol. The number of anilines is 1. The summed E-state index contributed by atoms with van der Waals surface area (Å²) in [5.74, 6) is 1.37. The Morgan fingerprint density at radius 1 is 1.18 bits per heavy atom. The zero-order valence-electron chi connectivity index (χ0n) is 13.7. The van der Waals surface area contributed by atoms with Crippen LogP contribution in [-0.4, -0.2) is 17.1 Å². The van der Waals surface area contributed by atoms with E-state index >= 15 is 0 Å². The third-order valence-electron chi connectivity index (χ3n) is 3.76. The van der Waals surface area contributed by atoms with Crippen LogP contribution in [0.15, 0.2) is 36.5 Å². The van der Waals surface area contributed by atoms with Crippen LogP contribution >= 0.6 is 0 Å². The molecular formula is C18H25N3O. The molecule has 0 bridgehead atoms. The van der Waals surface area contributed by atoms with Crippen LogP contribution in [-0.2, 0) is 0 Å². The van der Waals surface area contributed by atoms with Gasteiger partial charge in [-0.3, -0.25) is 0 Å². The smallest absolute Gasteiger partial charge is 0.223 e. The van der Waals surface area contributed by atoms with Crippen molar-refractivity contribution in [3.05, 3.63) is 47.8 Å². The first-order valence-corrected chi connectivity index (χ1v) is 7.93. The molecule has 0 aliphatic rings. The summed E-state index contributed by atoms with van der Waals surface area (Å²) in [5.41, 5.74) is 2.12. The lowest BCUT2D eigenvalue weighted by atomic mass is 10.0. The maximum Gasteiger partial charge on any atom is 0.223 e. The molecule has 1 aromatic carbocycles. The molecule has 1 unspecified atom stereocenters. The molecule has 0 aliphatic heterocycles. The second kappa shape index (κ2) is 8.37. The van der Waals surface area contributed by atoms with Crippen molar-refractivity contribution in [3.8, 4) is 5.75 Å². The largest absolute Gasteiger partial charge is 0.493 e. The van der Waals surface area contributed by atoms with E-state index in [4.69, 9.17) is 4.74 Å². The zero-order valence-corrected chi connectivity index (χ0v) is 13.7. The molecule has 22 heavy (non-hydrogen) atoms. The molecule has 0 fully saturated rings. The van der Waals surface area contributed by atoms with Crippen molar-refractivity contribution in [1.29, 1.82) is 0 Å². The number of hydrogen-bond acceptors (Lipinski definition) is 4. The van der Waals surface area contributed by atoms with Gasteiger partial charge in [-0.25, -0.2) is 9.97 Å². The molecule has 0 amide bonds. The lowest BCUT2D eigenvalue weighted by Gasteiger charge is -2.19. The lowest BCUT2D eigenvalue weighted by Crippen LogP contribution is -2.13. The summed E-state index contributed by atoms with van der Waals surface area (Å²) in [6, 6.07) is 10.7. The molecule has 0 radical (unpaired) electrons. The van der Waals surface area contributed by atoms with Crippen LogP contribution in [0.1, 0.15) is 49.9 Å². The quantitative estimate of drug-likeness (QED) is 0.728. The van der Waals surface area contributed by atoms with E-state index in [0.717, 1.165) is 12.1 Å². The predicted octanol–water partition coefficient (Wildman–Crippen LogP) is 4.53. The molecule has 1 atom stereocenters. The van der Waals surface area contributed by atoms with Gasteiger partial charge in [0.2, 0.25) is 5.95 Å². The number of aryl methyl sites for hydroxylation is 1. The summed E-state index contributed by atoms with van der Waals surface area (Å²) in [7, 11) is 1.64. The summed E-state index contributed by atoms with van der Waals surface area (Å²) in [5, 5.41) is 3.47. The van der Waals surface area contributed by atoms with Gasteiger partial charge in [-0.05, 0) is 18.9 Å². The molecule has 1 aromatic heterocycles. The maximum absolute atomic E-state index is 5.22. The molecule has 0 saturated heterocycles. The fourth-order valence-corrected chi connectivity index (χ4v) is 2.49. The molecule has 118 valence electrons. The predicted molar refractivity (Wildman–Crippen MR) is 90.3 cm³/mol. The van der Waals surface area contributed by atoms with Crippen molar-refractivity contribution in [3.63, 3.8) is 0 Å². The molecule has 2 aromatic rings. The Kier molecular flexibility index (Phi) is 6.19. The van der Waals surface area contributed by atoms with Crippen molar-refractivity contribution in [1.82, 2.24) is 9.97 Å². The number of nitrogens with zero attached hydrogens (tertiary/aromatic N) is 2. The standard InChI is InChI=1S/C18H25N3O/c1-4-5-7-12-16(15-10-8-6-9-11-15)21-18-19-13-17(22-3)14(2)20-18/h6,8-11,13,16H,4-5,7,12H2,1-3H3,(H,19,20,21). The van der Waals surface area contributed by atoms with Crippen LogP contribution in [0.25, 0.3) is 0 Å². The van der Waals surface area contributed by atoms with Gasteiger partial charge in [-0.2, -0.15) is 0 Å². The second-order valence-electron chi connectivity index (χ2n) is 5.45. The molecule has 2 rings (SSSR count). The summed E-state index contributed by atoms with van der Waals surface area (Å²) in [6.07, 6.45) is 6.45. The third-order valence-corrected chi connectivity index (χ3v) is 3.76. The van der Waals surface area contributed by atoms with E-state index in [2.05, 4.69) is 46.5 Å². The van der Waals surface area contributed by atoms with Gasteiger partial charge in [0, 0.05) is 0 Å². The maximum atomic E-state index is 5.22. The van der Waals surface area contributed by atoms with Gasteiger partial charge in [0.25, 0.3) is 0 Å². The third kappa shape index (κ3) is 4.45. The molecule has 0 saturated carbocycles. The van der Waals surface area contributed by atoms with Gasteiger partial charge in [0.05, 0.1) is 25.0 Å². The van der Waals surface area contributed by atoms with Gasteiger partial charge >= 0.3 is 0 Å². The number of methoxy groups -OCH3 is 1. The first-order valence-electron chi connectivity index (χ1n) is 7.93. The Bertz CT molecular complexity index is 572. The van der Waals surface area contributed by atoms with Gasteiger partial charge in [0.15, 0.2) is 5.75 Å². The van der Waals surface area contributed by atoms with Crippen molar-refractivity contribution >= 4 is 5.95 Å². The SMILES string of the molecule is CCCCCC(Nc1ncc(OC)c(C)n1)c1ccccc1. The van der Waals surface area contributed by atoms with Crippen LogP contribution in [0, 0.1) is 6.92 Å². The fraction of sp³-hybridized carbons (Fsp3) is 0.444. The first-order chi connectivity index (χ1) is 10.7. The topological polar surface area (TPSA) is 47.0 Å². The Hall–Kier alpha value is -2.10. The Balaban J connectivity index is 2.13. The highest BCUT2D eigenvalue weighted by Gasteiger charge is 2.13. The number of benzene rings is 1. The van der Waals surface area contributed by atoms with Crippen LogP contribution < -0.4 is 10.1 Å². The lowest BCUT2D eigenvalue weighted by molar-refractivity contribution is 0.407. The summed E-state index contributed by atoms with van der Waals surface area (Å²) < 4.78 is 5.22. The minimum absolute atomic E-state index is 0.237. The molecule has 0 spiro atoms. The zero-order chi connectivity index (χ0) is 15.8. The molecular weight excluding hydrogens is 274 g/mol. The van der Waals surface area contributed by atoms with Gasteiger partial charge in [-0.1, -0.05) is 56.5 Å². The highest BCUT2D eigenvalue weighted by molar-refractivity contribution is 5.36. The van der Waals surface area contributed by atoms with Gasteiger partial charge < -0.3 is 10.1 Å². The number of hydrogen-bond donors (Lipinski definition) is 1. The van der Waals surface area contributed by atoms with Crippen LogP contribution in [0.3, 0.4) is 0 Å². The van der Waals surface area contributed by atoms with Crippen molar-refractivity contribution in [2.24, 2.45) is 0 Å². The summed E-state index contributed by atoms with van der Waals surface area (Å²) >= 11 is 0. The highest BCUT2D eigenvalue weighted by Crippen LogP contribution is 2.24. The summed E-state index contributed by atoms with van der Waals surface area (Å²) in [6.45, 7) is 4.15. The minimum Gasteiger partial charge on any atom is -0.493 e.